The van der Waals surface area contributed by atoms with E-state index in [0.29, 0.717) is 47.7 Å². The van der Waals surface area contributed by atoms with Gasteiger partial charge in [-0.1, -0.05) is 24.3 Å². The zero-order valence-corrected chi connectivity index (χ0v) is 18.4. The van der Waals surface area contributed by atoms with Gasteiger partial charge in [0.25, 0.3) is 0 Å². The van der Waals surface area contributed by atoms with Crippen molar-refractivity contribution < 1.29 is 18.7 Å². The summed E-state index contributed by atoms with van der Waals surface area (Å²) in [6, 6.07) is 15.0. The first kappa shape index (κ1) is 20.9. The normalized spacial score (nSPS) is 12.7. The summed E-state index contributed by atoms with van der Waals surface area (Å²) in [5.41, 5.74) is 3.67. The average molecular weight is 443 g/mol. The van der Waals surface area contributed by atoms with Crippen LogP contribution in [0, 0.1) is 19.7 Å². The largest absolute Gasteiger partial charge is 0.486 e. The lowest BCUT2D eigenvalue weighted by atomic mass is 9.98. The molecule has 0 spiro atoms. The predicted molar refractivity (Wildman–Crippen MR) is 124 cm³/mol. The number of aryl methyl sites for hydroxylation is 2. The minimum atomic E-state index is -0.361. The molecule has 0 bridgehead atoms. The maximum Gasteiger partial charge on any atom is 0.200 e. The lowest BCUT2D eigenvalue weighted by Gasteiger charge is -2.21. The first-order chi connectivity index (χ1) is 15.9. The topological polar surface area (TPSA) is 57.5 Å². The number of fused-ring (bicyclic) bond motifs is 2. The lowest BCUT2D eigenvalue weighted by Crippen LogP contribution is -2.21. The summed E-state index contributed by atoms with van der Waals surface area (Å²) in [5.74, 6) is 0.366. The van der Waals surface area contributed by atoms with Gasteiger partial charge < -0.3 is 14.0 Å². The highest BCUT2D eigenvalue weighted by Gasteiger charge is 2.21. The molecule has 0 atom stereocenters. The molecule has 3 aromatic carbocycles. The minimum absolute atomic E-state index is 0.0737. The Labute approximate surface area is 190 Å². The van der Waals surface area contributed by atoms with E-state index >= 15 is 0 Å². The van der Waals surface area contributed by atoms with E-state index in [4.69, 9.17) is 9.47 Å². The second-order valence-electron chi connectivity index (χ2n) is 8.27. The molecule has 2 heterocycles. The van der Waals surface area contributed by atoms with E-state index in [1.165, 1.54) is 12.1 Å². The Kier molecular flexibility index (Phi) is 5.21. The molecule has 0 amide bonds. The summed E-state index contributed by atoms with van der Waals surface area (Å²) in [7, 11) is 0. The summed E-state index contributed by atoms with van der Waals surface area (Å²) in [4.78, 5) is 26.8. The third kappa shape index (κ3) is 3.89. The monoisotopic (exact) mass is 443 g/mol. The van der Waals surface area contributed by atoms with Crippen LogP contribution in [0.5, 0.6) is 11.5 Å². The van der Waals surface area contributed by atoms with E-state index in [1.807, 2.05) is 24.5 Å². The van der Waals surface area contributed by atoms with Gasteiger partial charge in [0.1, 0.15) is 19.0 Å². The highest BCUT2D eigenvalue weighted by molar-refractivity contribution is 6.10. The van der Waals surface area contributed by atoms with E-state index < -0.39 is 0 Å². The van der Waals surface area contributed by atoms with Crippen LogP contribution in [-0.4, -0.2) is 23.6 Å². The van der Waals surface area contributed by atoms with Crippen LogP contribution in [0.2, 0.25) is 0 Å². The van der Waals surface area contributed by atoms with E-state index in [-0.39, 0.29) is 22.6 Å². The molecule has 0 N–H and O–H groups in total. The molecule has 4 aromatic rings. The van der Waals surface area contributed by atoms with Gasteiger partial charge in [-0.15, -0.1) is 0 Å². The van der Waals surface area contributed by atoms with Gasteiger partial charge >= 0.3 is 0 Å². The zero-order chi connectivity index (χ0) is 23.1. The molecule has 0 saturated heterocycles. The van der Waals surface area contributed by atoms with E-state index in [2.05, 4.69) is 0 Å². The molecule has 0 saturated carbocycles. The molecule has 0 fully saturated rings. The molecule has 0 unspecified atom stereocenters. The van der Waals surface area contributed by atoms with Gasteiger partial charge in [0.05, 0.1) is 16.5 Å². The second-order valence-corrected chi connectivity index (χ2v) is 8.27. The number of halogens is 1. The van der Waals surface area contributed by atoms with Crippen LogP contribution in [0.15, 0.2) is 65.6 Å². The maximum absolute atomic E-state index is 13.5. The van der Waals surface area contributed by atoms with Crippen molar-refractivity contribution in [3.8, 4) is 11.5 Å². The summed E-state index contributed by atoms with van der Waals surface area (Å²) in [6.07, 6.45) is 1.58. The van der Waals surface area contributed by atoms with Crippen molar-refractivity contribution in [2.75, 3.05) is 13.2 Å². The van der Waals surface area contributed by atoms with E-state index in [1.54, 1.807) is 42.6 Å². The smallest absolute Gasteiger partial charge is 0.200 e. The van der Waals surface area contributed by atoms with Crippen LogP contribution < -0.4 is 14.9 Å². The van der Waals surface area contributed by atoms with Crippen molar-refractivity contribution in [3.05, 3.63) is 105 Å². The first-order valence-electron chi connectivity index (χ1n) is 10.7. The minimum Gasteiger partial charge on any atom is -0.486 e. The van der Waals surface area contributed by atoms with E-state index in [0.717, 1.165) is 16.7 Å². The van der Waals surface area contributed by atoms with Crippen LogP contribution in [0.1, 0.15) is 32.6 Å². The maximum atomic E-state index is 13.5. The molecule has 1 aromatic heterocycles. The third-order valence-corrected chi connectivity index (χ3v) is 6.02. The van der Waals surface area contributed by atoms with Crippen LogP contribution in [-0.2, 0) is 6.54 Å². The number of rotatable bonds is 4. The number of carbonyl (C=O) groups is 1. The summed E-state index contributed by atoms with van der Waals surface area (Å²) in [5, 5.41) is 0.371. The molecule has 33 heavy (non-hydrogen) atoms. The number of ether oxygens (including phenoxy) is 2. The third-order valence-electron chi connectivity index (χ3n) is 6.02. The van der Waals surface area contributed by atoms with Crippen LogP contribution in [0.25, 0.3) is 10.9 Å². The van der Waals surface area contributed by atoms with Gasteiger partial charge in [-0.3, -0.25) is 9.59 Å². The molecule has 0 radical (unpaired) electrons. The fourth-order valence-electron chi connectivity index (χ4n) is 4.04. The number of nitrogens with zero attached hydrogens (tertiary/aromatic N) is 1. The number of pyridine rings is 1. The van der Waals surface area contributed by atoms with Gasteiger partial charge in [0.15, 0.2) is 17.3 Å². The first-order valence-corrected chi connectivity index (χ1v) is 10.7. The Bertz CT molecular complexity index is 1450. The molecule has 6 heteroatoms. The van der Waals surface area contributed by atoms with Crippen LogP contribution >= 0.6 is 0 Å². The van der Waals surface area contributed by atoms with Crippen molar-refractivity contribution in [1.29, 1.82) is 0 Å². The molecule has 5 nitrogen and oxygen atoms in total. The Balaban J connectivity index is 1.71. The molecule has 1 aliphatic heterocycles. The number of hydrogen-bond donors (Lipinski definition) is 0. The number of hydrogen-bond acceptors (Lipinski definition) is 4. The predicted octanol–water partition coefficient (Wildman–Crippen LogP) is 4.81. The zero-order valence-electron chi connectivity index (χ0n) is 18.4. The molecule has 166 valence electrons. The summed E-state index contributed by atoms with van der Waals surface area (Å²) in [6.45, 7) is 5.07. The molecule has 1 aliphatic rings. The summed E-state index contributed by atoms with van der Waals surface area (Å²) >= 11 is 0. The van der Waals surface area contributed by atoms with Crippen molar-refractivity contribution in [3.63, 3.8) is 0 Å². The van der Waals surface area contributed by atoms with Gasteiger partial charge in [0, 0.05) is 24.4 Å². The highest BCUT2D eigenvalue weighted by atomic mass is 19.1. The average Bonchev–Trinajstić information content (AvgIpc) is 2.82. The lowest BCUT2D eigenvalue weighted by molar-refractivity contribution is 0.103. The molecule has 0 aliphatic carbocycles. The number of ketones is 1. The quantitative estimate of drug-likeness (QED) is 0.425. The van der Waals surface area contributed by atoms with Crippen molar-refractivity contribution in [2.45, 2.75) is 20.4 Å². The molecular formula is C27H22FNO4. The standard InChI is InChI=1S/C27H22FNO4/c1-16-3-6-19(11-17(16)2)26(30)22-15-29(14-18-4-7-20(28)8-5-18)23-13-25-24(32-9-10-33-25)12-21(23)27(22)31/h3-8,11-13,15H,9-10,14H2,1-2H3. The number of carbonyl (C=O) groups excluding carboxylic acids is 1. The number of aromatic nitrogens is 1. The van der Waals surface area contributed by atoms with Gasteiger partial charge in [-0.25, -0.2) is 4.39 Å². The molecular weight excluding hydrogens is 421 g/mol. The van der Waals surface area contributed by atoms with Crippen molar-refractivity contribution >= 4 is 16.7 Å². The highest BCUT2D eigenvalue weighted by Crippen LogP contribution is 2.34. The summed E-state index contributed by atoms with van der Waals surface area (Å²) < 4.78 is 26.6. The van der Waals surface area contributed by atoms with Gasteiger partial charge in [-0.2, -0.15) is 0 Å². The van der Waals surface area contributed by atoms with Gasteiger partial charge in [0.2, 0.25) is 5.43 Å². The fraction of sp³-hybridized carbons (Fsp3) is 0.185. The fourth-order valence-corrected chi connectivity index (χ4v) is 4.04. The Morgan fingerprint density at radius 2 is 1.64 bits per heavy atom. The van der Waals surface area contributed by atoms with Crippen molar-refractivity contribution in [1.82, 2.24) is 4.57 Å². The van der Waals surface area contributed by atoms with Crippen LogP contribution in [0.4, 0.5) is 4.39 Å². The number of benzene rings is 3. The molecule has 5 rings (SSSR count). The Hall–Kier alpha value is -3.93. The van der Waals surface area contributed by atoms with Crippen molar-refractivity contribution in [2.24, 2.45) is 0 Å². The van der Waals surface area contributed by atoms with Crippen LogP contribution in [0.3, 0.4) is 0 Å². The SMILES string of the molecule is Cc1ccc(C(=O)c2cn(Cc3ccc(F)cc3)c3cc4c(cc3c2=O)OCCO4)cc1C. The van der Waals surface area contributed by atoms with E-state index in [9.17, 15) is 14.0 Å². The van der Waals surface area contributed by atoms with Gasteiger partial charge in [-0.05, 0) is 54.8 Å². The second kappa shape index (κ2) is 8.20. The Morgan fingerprint density at radius 1 is 0.939 bits per heavy atom. The Morgan fingerprint density at radius 3 is 2.33 bits per heavy atom.